The monoisotopic (exact) mass is 318 g/mol. The van der Waals surface area contributed by atoms with Crippen LogP contribution in [0.2, 0.25) is 0 Å². The SMILES string of the molecule is COc1ccc(C(=O)C(C)(N)C(N)=O)c(OC)c1OC.Cl. The van der Waals surface area contributed by atoms with Crippen LogP contribution < -0.4 is 25.7 Å². The lowest BCUT2D eigenvalue weighted by molar-refractivity contribution is -0.121. The molecule has 0 bridgehead atoms. The summed E-state index contributed by atoms with van der Waals surface area (Å²) in [5.41, 5.74) is 9.07. The van der Waals surface area contributed by atoms with Crippen LogP contribution >= 0.6 is 12.4 Å². The van der Waals surface area contributed by atoms with Gasteiger partial charge in [-0.25, -0.2) is 0 Å². The second-order valence-electron chi connectivity index (χ2n) is 4.28. The highest BCUT2D eigenvalue weighted by atomic mass is 35.5. The van der Waals surface area contributed by atoms with E-state index in [0.717, 1.165) is 0 Å². The highest BCUT2D eigenvalue weighted by Crippen LogP contribution is 2.40. The van der Waals surface area contributed by atoms with E-state index >= 15 is 0 Å². The molecule has 0 radical (unpaired) electrons. The third-order valence-corrected chi connectivity index (χ3v) is 2.93. The molecule has 0 saturated carbocycles. The van der Waals surface area contributed by atoms with Gasteiger partial charge in [0.15, 0.2) is 22.8 Å². The molecular weight excluding hydrogens is 300 g/mol. The van der Waals surface area contributed by atoms with Crippen molar-refractivity contribution in [3.63, 3.8) is 0 Å². The smallest absolute Gasteiger partial charge is 0.245 e. The van der Waals surface area contributed by atoms with Crippen molar-refractivity contribution in [1.82, 2.24) is 0 Å². The van der Waals surface area contributed by atoms with Crippen LogP contribution in [0.3, 0.4) is 0 Å². The van der Waals surface area contributed by atoms with Crippen LogP contribution in [0.1, 0.15) is 17.3 Å². The zero-order chi connectivity index (χ0) is 15.5. The number of rotatable bonds is 6. The van der Waals surface area contributed by atoms with E-state index in [1.807, 2.05) is 0 Å². The summed E-state index contributed by atoms with van der Waals surface area (Å²) in [6.45, 7) is 1.24. The highest BCUT2D eigenvalue weighted by Gasteiger charge is 2.38. The van der Waals surface area contributed by atoms with Crippen LogP contribution in [0.5, 0.6) is 17.2 Å². The lowest BCUT2D eigenvalue weighted by Gasteiger charge is -2.21. The van der Waals surface area contributed by atoms with E-state index in [1.165, 1.54) is 40.4 Å². The largest absolute Gasteiger partial charge is 0.493 e. The fraction of sp³-hybridized carbons (Fsp3) is 0.385. The minimum absolute atomic E-state index is 0. The standard InChI is InChI=1S/C13H18N2O5.ClH/c1-13(15,12(14)17)11(16)7-5-6-8(18-2)10(20-4)9(7)19-3;/h5-6H,15H2,1-4H3,(H2,14,17);1H. The molecule has 0 aliphatic carbocycles. The normalized spacial score (nSPS) is 12.6. The van der Waals surface area contributed by atoms with Crippen molar-refractivity contribution in [2.45, 2.75) is 12.5 Å². The third-order valence-electron chi connectivity index (χ3n) is 2.93. The molecule has 0 fully saturated rings. The molecule has 21 heavy (non-hydrogen) atoms. The molecule has 1 aromatic rings. The maximum Gasteiger partial charge on any atom is 0.245 e. The minimum atomic E-state index is -1.84. The maximum atomic E-state index is 12.4. The number of benzene rings is 1. The van der Waals surface area contributed by atoms with Crippen molar-refractivity contribution in [3.8, 4) is 17.2 Å². The molecule has 4 N–H and O–H groups in total. The van der Waals surface area contributed by atoms with E-state index < -0.39 is 17.2 Å². The Morgan fingerprint density at radius 2 is 1.57 bits per heavy atom. The Hall–Kier alpha value is -1.99. The third kappa shape index (κ3) is 3.37. The van der Waals surface area contributed by atoms with Crippen LogP contribution in [0.4, 0.5) is 0 Å². The number of amides is 1. The number of Topliss-reactive ketones (excluding diaryl/α,β-unsaturated/α-hetero) is 1. The van der Waals surface area contributed by atoms with Crippen molar-refractivity contribution < 1.29 is 23.8 Å². The first-order valence-electron chi connectivity index (χ1n) is 5.73. The van der Waals surface area contributed by atoms with E-state index in [-0.39, 0.29) is 29.5 Å². The van der Waals surface area contributed by atoms with Crippen molar-refractivity contribution in [2.24, 2.45) is 11.5 Å². The average molecular weight is 319 g/mol. The number of nitrogens with two attached hydrogens (primary N) is 2. The number of ether oxygens (including phenoxy) is 3. The first-order valence-corrected chi connectivity index (χ1v) is 5.73. The predicted octanol–water partition coefficient (Wildman–Crippen LogP) is 0.520. The fourth-order valence-electron chi connectivity index (χ4n) is 1.67. The van der Waals surface area contributed by atoms with Gasteiger partial charge in [-0.3, -0.25) is 9.59 Å². The van der Waals surface area contributed by atoms with Crippen molar-refractivity contribution in [1.29, 1.82) is 0 Å². The molecule has 1 atom stereocenters. The second-order valence-corrected chi connectivity index (χ2v) is 4.28. The van der Waals surface area contributed by atoms with Crippen molar-refractivity contribution in [2.75, 3.05) is 21.3 Å². The number of ketones is 1. The molecule has 1 aromatic carbocycles. The van der Waals surface area contributed by atoms with Gasteiger partial charge in [0.05, 0.1) is 26.9 Å². The van der Waals surface area contributed by atoms with E-state index in [2.05, 4.69) is 0 Å². The summed E-state index contributed by atoms with van der Waals surface area (Å²) >= 11 is 0. The molecule has 7 nitrogen and oxygen atoms in total. The van der Waals surface area contributed by atoms with Crippen LogP contribution in [-0.2, 0) is 4.79 Å². The summed E-state index contributed by atoms with van der Waals surface area (Å²) in [5, 5.41) is 0. The summed E-state index contributed by atoms with van der Waals surface area (Å²) in [4.78, 5) is 23.6. The lowest BCUT2D eigenvalue weighted by Crippen LogP contribution is -2.55. The zero-order valence-electron chi connectivity index (χ0n) is 12.3. The molecule has 118 valence electrons. The fourth-order valence-corrected chi connectivity index (χ4v) is 1.67. The summed E-state index contributed by atoms with van der Waals surface area (Å²) in [7, 11) is 4.23. The number of halogens is 1. The first-order chi connectivity index (χ1) is 9.31. The summed E-state index contributed by atoms with van der Waals surface area (Å²) in [6, 6.07) is 2.96. The zero-order valence-corrected chi connectivity index (χ0v) is 13.1. The molecule has 0 aliphatic rings. The molecule has 8 heteroatoms. The molecular formula is C13H19ClN2O5. The highest BCUT2D eigenvalue weighted by molar-refractivity contribution is 6.18. The topological polar surface area (TPSA) is 114 Å². The van der Waals surface area contributed by atoms with Crippen LogP contribution in [0.15, 0.2) is 12.1 Å². The molecule has 0 saturated heterocycles. The summed E-state index contributed by atoms with van der Waals surface area (Å²) in [5.74, 6) is -0.836. The quantitative estimate of drug-likeness (QED) is 0.584. The van der Waals surface area contributed by atoms with E-state index in [1.54, 1.807) is 0 Å². The Morgan fingerprint density at radius 1 is 1.05 bits per heavy atom. The predicted molar refractivity (Wildman–Crippen MR) is 79.5 cm³/mol. The van der Waals surface area contributed by atoms with E-state index in [4.69, 9.17) is 25.7 Å². The van der Waals surface area contributed by atoms with Crippen molar-refractivity contribution >= 4 is 24.1 Å². The molecule has 0 heterocycles. The van der Waals surface area contributed by atoms with Gasteiger partial charge in [-0.2, -0.15) is 0 Å². The first kappa shape index (κ1) is 19.0. The molecule has 0 aromatic heterocycles. The Morgan fingerprint density at radius 3 is 1.95 bits per heavy atom. The van der Waals surface area contributed by atoms with E-state index in [0.29, 0.717) is 5.75 Å². The molecule has 0 spiro atoms. The van der Waals surface area contributed by atoms with Gasteiger partial charge < -0.3 is 25.7 Å². The number of hydrogen-bond acceptors (Lipinski definition) is 6. The Bertz CT molecular complexity index is 546. The average Bonchev–Trinajstić information content (AvgIpc) is 2.44. The lowest BCUT2D eigenvalue weighted by atomic mass is 9.90. The summed E-state index contributed by atoms with van der Waals surface area (Å²) < 4.78 is 15.4. The maximum absolute atomic E-state index is 12.4. The Labute approximate surface area is 128 Å². The second kappa shape index (κ2) is 7.14. The number of primary amides is 1. The number of carbonyl (C=O) groups excluding carboxylic acids is 2. The van der Waals surface area contributed by atoms with E-state index in [9.17, 15) is 9.59 Å². The van der Waals surface area contributed by atoms with Gasteiger partial charge in [0.25, 0.3) is 0 Å². The Balaban J connectivity index is 0.00000400. The van der Waals surface area contributed by atoms with Crippen molar-refractivity contribution in [3.05, 3.63) is 17.7 Å². The van der Waals surface area contributed by atoms with Gasteiger partial charge in [0.2, 0.25) is 11.7 Å². The number of methoxy groups -OCH3 is 3. The number of hydrogen-bond donors (Lipinski definition) is 2. The van der Waals surface area contributed by atoms with Gasteiger partial charge in [-0.05, 0) is 19.1 Å². The summed E-state index contributed by atoms with van der Waals surface area (Å²) in [6.07, 6.45) is 0. The molecule has 1 rings (SSSR count). The molecule has 0 aliphatic heterocycles. The van der Waals surface area contributed by atoms with Gasteiger partial charge in [-0.15, -0.1) is 12.4 Å². The molecule has 1 unspecified atom stereocenters. The Kier molecular flexibility index (Phi) is 6.47. The van der Waals surface area contributed by atoms with Crippen LogP contribution in [-0.4, -0.2) is 38.6 Å². The van der Waals surface area contributed by atoms with Crippen LogP contribution in [0.25, 0.3) is 0 Å². The molecule has 1 amide bonds. The van der Waals surface area contributed by atoms with Gasteiger partial charge >= 0.3 is 0 Å². The van der Waals surface area contributed by atoms with Gasteiger partial charge in [0.1, 0.15) is 0 Å². The van der Waals surface area contributed by atoms with Gasteiger partial charge in [0, 0.05) is 0 Å². The van der Waals surface area contributed by atoms with Gasteiger partial charge in [-0.1, -0.05) is 0 Å². The minimum Gasteiger partial charge on any atom is -0.493 e. The van der Waals surface area contributed by atoms with Crippen LogP contribution in [0, 0.1) is 0 Å². The number of carbonyl (C=O) groups is 2.